The standard InChI is InChI=1S/C19H14N4O4/c1-11-5-7-12(8-6-11)20-19(24)13-3-2-4-14-17(13)22-18(21-14)15-9-10-16(27-15)23(25)26/h2-10H,1H3,(H,20,24)(H,21,22). The maximum absolute atomic E-state index is 12.7. The number of nitrogens with one attached hydrogen (secondary N) is 2. The average molecular weight is 362 g/mol. The first kappa shape index (κ1) is 16.5. The smallest absolute Gasteiger partial charge is 0.397 e. The number of fused-ring (bicyclic) bond motifs is 1. The lowest BCUT2D eigenvalue weighted by Gasteiger charge is -2.06. The topological polar surface area (TPSA) is 114 Å². The summed E-state index contributed by atoms with van der Waals surface area (Å²) in [6.45, 7) is 1.97. The van der Waals surface area contributed by atoms with Gasteiger partial charge in [-0.25, -0.2) is 4.98 Å². The van der Waals surface area contributed by atoms with E-state index in [9.17, 15) is 14.9 Å². The van der Waals surface area contributed by atoms with E-state index in [1.807, 2.05) is 31.2 Å². The van der Waals surface area contributed by atoms with Gasteiger partial charge in [0.2, 0.25) is 0 Å². The van der Waals surface area contributed by atoms with E-state index in [4.69, 9.17) is 4.42 Å². The summed E-state index contributed by atoms with van der Waals surface area (Å²) in [5.41, 5.74) is 3.24. The third-order valence-corrected chi connectivity index (χ3v) is 4.07. The van der Waals surface area contributed by atoms with Gasteiger partial charge in [0.1, 0.15) is 10.4 Å². The van der Waals surface area contributed by atoms with Crippen molar-refractivity contribution >= 4 is 28.5 Å². The van der Waals surface area contributed by atoms with Gasteiger partial charge in [0.25, 0.3) is 5.91 Å². The summed E-state index contributed by atoms with van der Waals surface area (Å²) >= 11 is 0. The molecule has 4 rings (SSSR count). The van der Waals surface area contributed by atoms with Gasteiger partial charge in [-0.2, -0.15) is 0 Å². The van der Waals surface area contributed by atoms with Crippen LogP contribution < -0.4 is 5.32 Å². The third kappa shape index (κ3) is 3.15. The molecule has 2 N–H and O–H groups in total. The highest BCUT2D eigenvalue weighted by molar-refractivity contribution is 6.11. The summed E-state index contributed by atoms with van der Waals surface area (Å²) in [7, 11) is 0. The molecule has 0 aliphatic heterocycles. The van der Waals surface area contributed by atoms with Gasteiger partial charge in [0, 0.05) is 5.69 Å². The van der Waals surface area contributed by atoms with Crippen molar-refractivity contribution in [1.29, 1.82) is 0 Å². The Morgan fingerprint density at radius 3 is 2.63 bits per heavy atom. The second-order valence-electron chi connectivity index (χ2n) is 6.00. The molecule has 2 aromatic carbocycles. The number of aryl methyl sites for hydroxylation is 1. The van der Waals surface area contributed by atoms with E-state index in [1.165, 1.54) is 12.1 Å². The summed E-state index contributed by atoms with van der Waals surface area (Å²) in [5, 5.41) is 13.6. The molecular formula is C19H14N4O4. The first-order valence-corrected chi connectivity index (χ1v) is 8.12. The zero-order chi connectivity index (χ0) is 19.0. The van der Waals surface area contributed by atoms with Crippen molar-refractivity contribution in [2.45, 2.75) is 6.92 Å². The maximum atomic E-state index is 12.7. The van der Waals surface area contributed by atoms with Gasteiger partial charge < -0.3 is 14.7 Å². The quantitative estimate of drug-likeness (QED) is 0.415. The molecule has 4 aromatic rings. The van der Waals surface area contributed by atoms with Crippen LogP contribution in [0.1, 0.15) is 15.9 Å². The monoisotopic (exact) mass is 362 g/mol. The normalized spacial score (nSPS) is 10.9. The molecule has 0 fully saturated rings. The number of amides is 1. The van der Waals surface area contributed by atoms with Crippen molar-refractivity contribution in [2.24, 2.45) is 0 Å². The van der Waals surface area contributed by atoms with Crippen LogP contribution in [0.5, 0.6) is 0 Å². The molecule has 0 aliphatic rings. The number of nitrogens with zero attached hydrogens (tertiary/aromatic N) is 2. The molecule has 8 heteroatoms. The first-order valence-electron chi connectivity index (χ1n) is 8.12. The molecule has 2 heterocycles. The van der Waals surface area contributed by atoms with Crippen molar-refractivity contribution in [3.8, 4) is 11.6 Å². The van der Waals surface area contributed by atoms with E-state index in [1.54, 1.807) is 18.2 Å². The van der Waals surface area contributed by atoms with E-state index >= 15 is 0 Å². The predicted molar refractivity (Wildman–Crippen MR) is 99.6 cm³/mol. The van der Waals surface area contributed by atoms with Crippen LogP contribution in [0.4, 0.5) is 11.6 Å². The molecule has 0 spiro atoms. The van der Waals surface area contributed by atoms with Gasteiger partial charge >= 0.3 is 5.88 Å². The lowest BCUT2D eigenvalue weighted by atomic mass is 10.1. The Morgan fingerprint density at radius 2 is 1.93 bits per heavy atom. The number of para-hydroxylation sites is 1. The highest BCUT2D eigenvalue weighted by Gasteiger charge is 2.18. The summed E-state index contributed by atoms with van der Waals surface area (Å²) in [4.78, 5) is 30.3. The lowest BCUT2D eigenvalue weighted by Crippen LogP contribution is -2.12. The van der Waals surface area contributed by atoms with Gasteiger partial charge in [0.15, 0.2) is 11.6 Å². The Labute approximate surface area is 153 Å². The fourth-order valence-electron chi connectivity index (χ4n) is 2.72. The zero-order valence-electron chi connectivity index (χ0n) is 14.2. The molecule has 0 radical (unpaired) electrons. The highest BCUT2D eigenvalue weighted by Crippen LogP contribution is 2.27. The van der Waals surface area contributed by atoms with Crippen LogP contribution in [0.2, 0.25) is 0 Å². The van der Waals surface area contributed by atoms with E-state index in [0.29, 0.717) is 28.1 Å². The van der Waals surface area contributed by atoms with E-state index in [-0.39, 0.29) is 17.6 Å². The van der Waals surface area contributed by atoms with E-state index in [0.717, 1.165) is 5.56 Å². The van der Waals surface area contributed by atoms with Gasteiger partial charge in [-0.3, -0.25) is 14.9 Å². The molecule has 134 valence electrons. The molecule has 27 heavy (non-hydrogen) atoms. The Kier molecular flexibility index (Phi) is 3.92. The number of anilines is 1. The first-order chi connectivity index (χ1) is 13.0. The molecule has 0 bridgehead atoms. The van der Waals surface area contributed by atoms with Crippen LogP contribution in [0.25, 0.3) is 22.6 Å². The van der Waals surface area contributed by atoms with Crippen molar-refractivity contribution in [3.63, 3.8) is 0 Å². The van der Waals surface area contributed by atoms with Crippen molar-refractivity contribution < 1.29 is 14.1 Å². The van der Waals surface area contributed by atoms with Crippen molar-refractivity contribution in [2.75, 3.05) is 5.32 Å². The second-order valence-corrected chi connectivity index (χ2v) is 6.00. The fraction of sp³-hybridized carbons (Fsp3) is 0.0526. The number of hydrogen-bond donors (Lipinski definition) is 2. The highest BCUT2D eigenvalue weighted by atomic mass is 16.6. The predicted octanol–water partition coefficient (Wildman–Crippen LogP) is 4.29. The van der Waals surface area contributed by atoms with Crippen LogP contribution >= 0.6 is 0 Å². The number of benzene rings is 2. The zero-order valence-corrected chi connectivity index (χ0v) is 14.2. The van der Waals surface area contributed by atoms with Gasteiger partial charge in [0.05, 0.1) is 17.1 Å². The number of rotatable bonds is 4. The molecular weight excluding hydrogens is 348 g/mol. The van der Waals surface area contributed by atoms with Gasteiger partial charge in [-0.15, -0.1) is 0 Å². The summed E-state index contributed by atoms with van der Waals surface area (Å²) < 4.78 is 5.17. The average Bonchev–Trinajstić information content (AvgIpc) is 3.30. The number of imidazole rings is 1. The summed E-state index contributed by atoms with van der Waals surface area (Å²) in [5.74, 6) is -0.132. The molecule has 1 amide bonds. The number of carbonyl (C=O) groups excluding carboxylic acids is 1. The SMILES string of the molecule is Cc1ccc(NC(=O)c2cccc3[nH]c(-c4ccc([N+](=O)[O-])o4)nc23)cc1. The molecule has 0 aliphatic carbocycles. The van der Waals surface area contributed by atoms with Crippen LogP contribution in [-0.4, -0.2) is 20.8 Å². The third-order valence-electron chi connectivity index (χ3n) is 4.07. The number of furan rings is 1. The van der Waals surface area contributed by atoms with Crippen molar-refractivity contribution in [1.82, 2.24) is 9.97 Å². The van der Waals surface area contributed by atoms with Crippen LogP contribution in [-0.2, 0) is 0 Å². The number of aromatic nitrogens is 2. The Bertz CT molecular complexity index is 1160. The van der Waals surface area contributed by atoms with Crippen LogP contribution in [0, 0.1) is 17.0 Å². The number of carbonyl (C=O) groups is 1. The Balaban J connectivity index is 1.69. The van der Waals surface area contributed by atoms with E-state index in [2.05, 4.69) is 15.3 Å². The number of aromatic amines is 1. The number of H-pyrrole nitrogens is 1. The Morgan fingerprint density at radius 1 is 1.15 bits per heavy atom. The minimum absolute atomic E-state index is 0.225. The maximum Gasteiger partial charge on any atom is 0.433 e. The van der Waals surface area contributed by atoms with Gasteiger partial charge in [-0.05, 0) is 37.3 Å². The van der Waals surface area contributed by atoms with Gasteiger partial charge in [-0.1, -0.05) is 23.8 Å². The summed E-state index contributed by atoms with van der Waals surface area (Å²) in [6.07, 6.45) is 0. The van der Waals surface area contributed by atoms with E-state index < -0.39 is 4.92 Å². The second kappa shape index (κ2) is 6.41. The minimum Gasteiger partial charge on any atom is -0.397 e. The largest absolute Gasteiger partial charge is 0.433 e. The minimum atomic E-state index is -0.618. The molecule has 2 aromatic heterocycles. The summed E-state index contributed by atoms with van der Waals surface area (Å²) in [6, 6.07) is 15.4. The van der Waals surface area contributed by atoms with Crippen LogP contribution in [0.15, 0.2) is 59.0 Å². The Hall–Kier alpha value is -3.94. The fourth-order valence-corrected chi connectivity index (χ4v) is 2.72. The lowest BCUT2D eigenvalue weighted by molar-refractivity contribution is -0.401. The van der Waals surface area contributed by atoms with Crippen molar-refractivity contribution in [3.05, 3.63) is 75.8 Å². The number of nitro groups is 1. The molecule has 8 nitrogen and oxygen atoms in total. The molecule has 0 saturated heterocycles. The number of hydrogen-bond acceptors (Lipinski definition) is 5. The molecule has 0 atom stereocenters. The molecule has 0 unspecified atom stereocenters. The molecule has 0 saturated carbocycles. The van der Waals surface area contributed by atoms with Crippen LogP contribution in [0.3, 0.4) is 0 Å².